The molecule has 1 fully saturated rings. The standard InChI is InChI=1S/C16H26ClN3/c1-4-6-18-9-13-8-15(17)16(19-10-13)20-7-5-14(11-20)12(2)3/h8,10,12,14,18H,4-7,9,11H2,1-3H3. The highest BCUT2D eigenvalue weighted by molar-refractivity contribution is 6.33. The molecule has 112 valence electrons. The van der Waals surface area contributed by atoms with Gasteiger partial charge >= 0.3 is 0 Å². The molecule has 0 spiro atoms. The summed E-state index contributed by atoms with van der Waals surface area (Å²) in [5.41, 5.74) is 1.16. The zero-order valence-electron chi connectivity index (χ0n) is 12.8. The maximum atomic E-state index is 6.42. The van der Waals surface area contributed by atoms with Gasteiger partial charge < -0.3 is 10.2 Å². The summed E-state index contributed by atoms with van der Waals surface area (Å²) in [5.74, 6) is 2.45. The van der Waals surface area contributed by atoms with Crippen molar-refractivity contribution in [3.8, 4) is 0 Å². The number of hydrogen-bond donors (Lipinski definition) is 1. The molecule has 1 N–H and O–H groups in total. The first kappa shape index (κ1) is 15.6. The molecule has 2 rings (SSSR count). The van der Waals surface area contributed by atoms with E-state index in [4.69, 9.17) is 11.6 Å². The summed E-state index contributed by atoms with van der Waals surface area (Å²) in [5, 5.41) is 4.16. The first-order valence-corrected chi connectivity index (χ1v) is 8.09. The zero-order valence-corrected chi connectivity index (χ0v) is 13.6. The molecule has 0 aromatic carbocycles. The molecule has 1 aliphatic rings. The van der Waals surface area contributed by atoms with Gasteiger partial charge in [-0.25, -0.2) is 4.98 Å². The molecule has 0 bridgehead atoms. The van der Waals surface area contributed by atoms with E-state index in [9.17, 15) is 0 Å². The third-order valence-corrected chi connectivity index (χ3v) is 4.38. The van der Waals surface area contributed by atoms with Crippen molar-refractivity contribution in [3.05, 3.63) is 22.8 Å². The molecule has 0 saturated carbocycles. The average Bonchev–Trinajstić information content (AvgIpc) is 2.89. The predicted molar refractivity (Wildman–Crippen MR) is 86.4 cm³/mol. The summed E-state index contributed by atoms with van der Waals surface area (Å²) < 4.78 is 0. The quantitative estimate of drug-likeness (QED) is 0.811. The monoisotopic (exact) mass is 295 g/mol. The van der Waals surface area contributed by atoms with Gasteiger partial charge in [0.25, 0.3) is 0 Å². The number of nitrogens with zero attached hydrogens (tertiary/aromatic N) is 2. The van der Waals surface area contributed by atoms with Crippen LogP contribution in [0.3, 0.4) is 0 Å². The fraction of sp³-hybridized carbons (Fsp3) is 0.688. The number of rotatable bonds is 6. The summed E-state index contributed by atoms with van der Waals surface area (Å²) in [7, 11) is 0. The molecule has 3 nitrogen and oxygen atoms in total. The fourth-order valence-electron chi connectivity index (χ4n) is 2.73. The number of aromatic nitrogens is 1. The lowest BCUT2D eigenvalue weighted by atomic mass is 9.95. The highest BCUT2D eigenvalue weighted by atomic mass is 35.5. The Balaban J connectivity index is 1.99. The van der Waals surface area contributed by atoms with Gasteiger partial charge in [-0.05, 0) is 42.9 Å². The number of nitrogens with one attached hydrogen (secondary N) is 1. The van der Waals surface area contributed by atoms with Crippen molar-refractivity contribution in [2.75, 3.05) is 24.5 Å². The molecule has 1 aromatic heterocycles. The second-order valence-corrected chi connectivity index (χ2v) is 6.47. The Morgan fingerprint density at radius 2 is 2.30 bits per heavy atom. The summed E-state index contributed by atoms with van der Waals surface area (Å²) in [6.45, 7) is 10.8. The Kier molecular flexibility index (Phi) is 5.67. The van der Waals surface area contributed by atoms with Gasteiger partial charge in [0, 0.05) is 25.8 Å². The van der Waals surface area contributed by atoms with E-state index in [1.807, 2.05) is 6.20 Å². The van der Waals surface area contributed by atoms with Gasteiger partial charge in [0.2, 0.25) is 0 Å². The number of pyridine rings is 1. The molecule has 0 aliphatic carbocycles. The minimum Gasteiger partial charge on any atom is -0.355 e. The second kappa shape index (κ2) is 7.28. The molecule has 2 heterocycles. The SMILES string of the molecule is CCCNCc1cnc(N2CCC(C(C)C)C2)c(Cl)c1. The molecule has 1 aliphatic heterocycles. The molecule has 0 radical (unpaired) electrons. The summed E-state index contributed by atoms with van der Waals surface area (Å²) >= 11 is 6.42. The second-order valence-electron chi connectivity index (χ2n) is 6.06. The van der Waals surface area contributed by atoms with Crippen molar-refractivity contribution in [1.82, 2.24) is 10.3 Å². The van der Waals surface area contributed by atoms with Crippen LogP contribution in [0.2, 0.25) is 5.02 Å². The van der Waals surface area contributed by atoms with E-state index >= 15 is 0 Å². The number of anilines is 1. The van der Waals surface area contributed by atoms with Gasteiger partial charge in [0.1, 0.15) is 5.82 Å². The Bertz CT molecular complexity index is 434. The number of hydrogen-bond acceptors (Lipinski definition) is 3. The van der Waals surface area contributed by atoms with Gasteiger partial charge in [-0.2, -0.15) is 0 Å². The van der Waals surface area contributed by atoms with Crippen LogP contribution in [-0.4, -0.2) is 24.6 Å². The minimum absolute atomic E-state index is 0.733. The average molecular weight is 296 g/mol. The fourth-order valence-corrected chi connectivity index (χ4v) is 3.04. The van der Waals surface area contributed by atoms with Crippen LogP contribution in [0.25, 0.3) is 0 Å². The van der Waals surface area contributed by atoms with Crippen molar-refractivity contribution in [2.45, 2.75) is 40.2 Å². The molecule has 1 atom stereocenters. The lowest BCUT2D eigenvalue weighted by Gasteiger charge is -2.20. The molecule has 1 saturated heterocycles. The van der Waals surface area contributed by atoms with Crippen LogP contribution in [0.4, 0.5) is 5.82 Å². The van der Waals surface area contributed by atoms with Crippen LogP contribution in [-0.2, 0) is 6.54 Å². The zero-order chi connectivity index (χ0) is 14.5. The molecule has 0 amide bonds. The molecule has 20 heavy (non-hydrogen) atoms. The molecular formula is C16H26ClN3. The third kappa shape index (κ3) is 3.86. The van der Waals surface area contributed by atoms with Crippen molar-refractivity contribution < 1.29 is 0 Å². The van der Waals surface area contributed by atoms with Crippen molar-refractivity contribution in [1.29, 1.82) is 0 Å². The molecule has 1 unspecified atom stereocenters. The van der Waals surface area contributed by atoms with Gasteiger partial charge in [0.05, 0.1) is 5.02 Å². The lowest BCUT2D eigenvalue weighted by molar-refractivity contribution is 0.422. The molecule has 4 heteroatoms. The highest BCUT2D eigenvalue weighted by Crippen LogP contribution is 2.31. The Morgan fingerprint density at radius 3 is 2.90 bits per heavy atom. The van der Waals surface area contributed by atoms with E-state index in [0.717, 1.165) is 60.8 Å². The highest BCUT2D eigenvalue weighted by Gasteiger charge is 2.26. The van der Waals surface area contributed by atoms with Crippen molar-refractivity contribution in [2.24, 2.45) is 11.8 Å². The first-order chi connectivity index (χ1) is 9.61. The summed E-state index contributed by atoms with van der Waals surface area (Å²) in [4.78, 5) is 6.92. The Hall–Kier alpha value is -0.800. The van der Waals surface area contributed by atoms with E-state index in [1.54, 1.807) is 0 Å². The van der Waals surface area contributed by atoms with E-state index in [0.29, 0.717) is 0 Å². The van der Waals surface area contributed by atoms with E-state index in [2.05, 4.69) is 42.0 Å². The Morgan fingerprint density at radius 1 is 1.50 bits per heavy atom. The number of halogens is 1. The molecular weight excluding hydrogens is 270 g/mol. The first-order valence-electron chi connectivity index (χ1n) is 7.72. The topological polar surface area (TPSA) is 28.2 Å². The van der Waals surface area contributed by atoms with Crippen LogP contribution < -0.4 is 10.2 Å². The van der Waals surface area contributed by atoms with Crippen LogP contribution in [0, 0.1) is 11.8 Å². The summed E-state index contributed by atoms with van der Waals surface area (Å²) in [6.07, 6.45) is 4.34. The van der Waals surface area contributed by atoms with Crippen molar-refractivity contribution >= 4 is 17.4 Å². The normalized spacial score (nSPS) is 19.1. The molecule has 1 aromatic rings. The van der Waals surface area contributed by atoms with Crippen LogP contribution in [0.5, 0.6) is 0 Å². The summed E-state index contributed by atoms with van der Waals surface area (Å²) in [6, 6.07) is 2.05. The predicted octanol–water partition coefficient (Wildman–Crippen LogP) is 3.72. The van der Waals surface area contributed by atoms with E-state index in [-0.39, 0.29) is 0 Å². The van der Waals surface area contributed by atoms with E-state index in [1.165, 1.54) is 6.42 Å². The third-order valence-electron chi connectivity index (χ3n) is 4.10. The van der Waals surface area contributed by atoms with Gasteiger partial charge in [0.15, 0.2) is 0 Å². The smallest absolute Gasteiger partial charge is 0.147 e. The van der Waals surface area contributed by atoms with Crippen LogP contribution >= 0.6 is 11.6 Å². The van der Waals surface area contributed by atoms with Crippen LogP contribution in [0.1, 0.15) is 39.2 Å². The van der Waals surface area contributed by atoms with Gasteiger partial charge in [-0.15, -0.1) is 0 Å². The van der Waals surface area contributed by atoms with Gasteiger partial charge in [-0.1, -0.05) is 32.4 Å². The maximum Gasteiger partial charge on any atom is 0.147 e. The Labute approximate surface area is 127 Å². The lowest BCUT2D eigenvalue weighted by Crippen LogP contribution is -2.23. The maximum absolute atomic E-state index is 6.42. The largest absolute Gasteiger partial charge is 0.355 e. The van der Waals surface area contributed by atoms with Crippen LogP contribution in [0.15, 0.2) is 12.3 Å². The minimum atomic E-state index is 0.733. The van der Waals surface area contributed by atoms with E-state index < -0.39 is 0 Å². The van der Waals surface area contributed by atoms with Gasteiger partial charge in [-0.3, -0.25) is 0 Å². The van der Waals surface area contributed by atoms with Crippen molar-refractivity contribution in [3.63, 3.8) is 0 Å².